The summed E-state index contributed by atoms with van der Waals surface area (Å²) >= 11 is 0. The van der Waals surface area contributed by atoms with Crippen LogP contribution in [0.3, 0.4) is 0 Å². The molecule has 1 saturated heterocycles. The van der Waals surface area contributed by atoms with E-state index >= 15 is 0 Å². The van der Waals surface area contributed by atoms with Crippen molar-refractivity contribution in [1.82, 2.24) is 4.90 Å². The number of nitrogens with zero attached hydrogens (tertiary/aromatic N) is 1. The van der Waals surface area contributed by atoms with Crippen molar-refractivity contribution >= 4 is 11.9 Å². The molecule has 0 atom stereocenters. The van der Waals surface area contributed by atoms with Gasteiger partial charge in [-0.2, -0.15) is 0 Å². The third-order valence-corrected chi connectivity index (χ3v) is 3.45. The Morgan fingerprint density at radius 3 is 2.35 bits per heavy atom. The van der Waals surface area contributed by atoms with Crippen molar-refractivity contribution in [2.24, 2.45) is 0 Å². The molecule has 0 spiro atoms. The van der Waals surface area contributed by atoms with Crippen molar-refractivity contribution in [3.05, 3.63) is 30.3 Å². The Balaban J connectivity index is 1.82. The van der Waals surface area contributed by atoms with Crippen molar-refractivity contribution in [3.8, 4) is 5.75 Å². The van der Waals surface area contributed by atoms with Crippen molar-refractivity contribution in [1.29, 1.82) is 0 Å². The molecule has 1 amide bonds. The van der Waals surface area contributed by atoms with Gasteiger partial charge in [0.15, 0.2) is 12.2 Å². The molecule has 0 radical (unpaired) electrons. The van der Waals surface area contributed by atoms with E-state index < -0.39 is 11.6 Å². The van der Waals surface area contributed by atoms with Crippen molar-refractivity contribution in [2.45, 2.75) is 18.4 Å². The van der Waals surface area contributed by atoms with Gasteiger partial charge in [-0.1, -0.05) is 18.2 Å². The van der Waals surface area contributed by atoms with Crippen LogP contribution < -0.4 is 4.74 Å². The lowest BCUT2D eigenvalue weighted by molar-refractivity contribution is -0.165. The van der Waals surface area contributed by atoms with Gasteiger partial charge in [-0.25, -0.2) is 4.79 Å². The van der Waals surface area contributed by atoms with Crippen LogP contribution in [0.2, 0.25) is 0 Å². The number of likely N-dealkylation sites (tertiary alicyclic amines) is 1. The summed E-state index contributed by atoms with van der Waals surface area (Å²) in [5, 5.41) is 18.7. The Morgan fingerprint density at radius 1 is 1.20 bits per heavy atom. The molecule has 0 aromatic heterocycles. The number of rotatable bonds is 4. The van der Waals surface area contributed by atoms with Gasteiger partial charge >= 0.3 is 5.97 Å². The Hall–Kier alpha value is -2.08. The van der Waals surface area contributed by atoms with Crippen LogP contribution in [0, 0.1) is 0 Å². The first-order valence-electron chi connectivity index (χ1n) is 6.43. The highest BCUT2D eigenvalue weighted by Gasteiger charge is 2.40. The number of para-hydroxylation sites is 1. The van der Waals surface area contributed by atoms with E-state index in [9.17, 15) is 14.7 Å². The summed E-state index contributed by atoms with van der Waals surface area (Å²) in [6.07, 6.45) is 0.0822. The molecule has 0 bridgehead atoms. The third kappa shape index (κ3) is 3.27. The molecule has 20 heavy (non-hydrogen) atoms. The molecule has 6 heteroatoms. The number of benzene rings is 1. The van der Waals surface area contributed by atoms with Gasteiger partial charge in [-0.15, -0.1) is 0 Å². The molecule has 108 valence electrons. The van der Waals surface area contributed by atoms with Gasteiger partial charge in [0.05, 0.1) is 0 Å². The van der Waals surface area contributed by atoms with Crippen LogP contribution in [0.1, 0.15) is 12.8 Å². The maximum atomic E-state index is 11.9. The van der Waals surface area contributed by atoms with Gasteiger partial charge < -0.3 is 19.8 Å². The van der Waals surface area contributed by atoms with Crippen molar-refractivity contribution < 1.29 is 24.5 Å². The number of carbonyl (C=O) groups is 2. The first-order chi connectivity index (χ1) is 9.51. The highest BCUT2D eigenvalue weighted by molar-refractivity contribution is 5.80. The predicted molar refractivity (Wildman–Crippen MR) is 70.3 cm³/mol. The SMILES string of the molecule is O=C(COc1ccccc1)N1CCC(O)(C(=O)O)CC1. The lowest BCUT2D eigenvalue weighted by Crippen LogP contribution is -2.51. The lowest BCUT2D eigenvalue weighted by Gasteiger charge is -2.35. The smallest absolute Gasteiger partial charge is 0.335 e. The fourth-order valence-electron chi connectivity index (χ4n) is 2.09. The lowest BCUT2D eigenvalue weighted by atomic mass is 9.92. The number of carbonyl (C=O) groups excluding carboxylic acids is 1. The highest BCUT2D eigenvalue weighted by Crippen LogP contribution is 2.22. The molecule has 6 nitrogen and oxygen atoms in total. The van der Waals surface area contributed by atoms with Crippen LogP contribution in [0.4, 0.5) is 0 Å². The molecule has 1 heterocycles. The molecule has 1 aliphatic heterocycles. The molecule has 0 saturated carbocycles. The predicted octanol–water partition coefficient (Wildman–Crippen LogP) is 0.503. The second-order valence-corrected chi connectivity index (χ2v) is 4.82. The zero-order chi connectivity index (χ0) is 14.6. The summed E-state index contributed by atoms with van der Waals surface area (Å²) in [6, 6.07) is 8.99. The maximum Gasteiger partial charge on any atom is 0.335 e. The molecule has 1 aromatic carbocycles. The average Bonchev–Trinajstić information content (AvgIpc) is 2.46. The highest BCUT2D eigenvalue weighted by atomic mass is 16.5. The number of aliphatic carboxylic acids is 1. The fraction of sp³-hybridized carbons (Fsp3) is 0.429. The van der Waals surface area contributed by atoms with E-state index in [0.717, 1.165) is 0 Å². The monoisotopic (exact) mass is 279 g/mol. The van der Waals surface area contributed by atoms with E-state index in [1.54, 1.807) is 12.1 Å². The van der Waals surface area contributed by atoms with Gasteiger partial charge in [0, 0.05) is 25.9 Å². The number of aliphatic hydroxyl groups is 1. The van der Waals surface area contributed by atoms with E-state index in [0.29, 0.717) is 5.75 Å². The molecule has 0 unspecified atom stereocenters. The number of hydrogen-bond donors (Lipinski definition) is 2. The van der Waals surface area contributed by atoms with Gasteiger partial charge in [0.1, 0.15) is 5.75 Å². The minimum atomic E-state index is -1.71. The van der Waals surface area contributed by atoms with Crippen molar-refractivity contribution in [2.75, 3.05) is 19.7 Å². The van der Waals surface area contributed by atoms with Gasteiger partial charge in [0.25, 0.3) is 5.91 Å². The summed E-state index contributed by atoms with van der Waals surface area (Å²) < 4.78 is 5.35. The van der Waals surface area contributed by atoms with E-state index in [-0.39, 0.29) is 38.4 Å². The normalized spacial score (nSPS) is 17.6. The number of hydrogen-bond acceptors (Lipinski definition) is 4. The Morgan fingerprint density at radius 2 is 1.80 bits per heavy atom. The van der Waals surface area contributed by atoms with E-state index in [4.69, 9.17) is 9.84 Å². The van der Waals surface area contributed by atoms with Crippen LogP contribution in [-0.2, 0) is 9.59 Å². The van der Waals surface area contributed by atoms with E-state index in [1.807, 2.05) is 18.2 Å². The maximum absolute atomic E-state index is 11.9. The minimum absolute atomic E-state index is 0.0411. The number of amides is 1. The first kappa shape index (κ1) is 14.3. The van der Waals surface area contributed by atoms with Crippen molar-refractivity contribution in [3.63, 3.8) is 0 Å². The number of ether oxygens (including phenoxy) is 1. The van der Waals surface area contributed by atoms with E-state index in [2.05, 4.69) is 0 Å². The molecule has 1 aromatic rings. The van der Waals surface area contributed by atoms with E-state index in [1.165, 1.54) is 4.90 Å². The molecule has 2 rings (SSSR count). The number of carboxylic acids is 1. The molecular weight excluding hydrogens is 262 g/mol. The van der Waals surface area contributed by atoms with Crippen LogP contribution in [-0.4, -0.2) is 52.3 Å². The number of carboxylic acid groups (broad SMARTS) is 1. The van der Waals surface area contributed by atoms with Crippen LogP contribution in [0.15, 0.2) is 30.3 Å². The first-order valence-corrected chi connectivity index (χ1v) is 6.43. The Kier molecular flexibility index (Phi) is 4.24. The zero-order valence-electron chi connectivity index (χ0n) is 11.0. The molecular formula is C14H17NO5. The molecule has 1 fully saturated rings. The quantitative estimate of drug-likeness (QED) is 0.838. The Labute approximate surface area is 116 Å². The summed E-state index contributed by atoms with van der Waals surface area (Å²) in [5.74, 6) is -0.827. The summed E-state index contributed by atoms with van der Waals surface area (Å²) in [4.78, 5) is 24.3. The van der Waals surface area contributed by atoms with Gasteiger partial charge in [-0.3, -0.25) is 4.79 Å². The second kappa shape index (κ2) is 5.92. The summed E-state index contributed by atoms with van der Waals surface area (Å²) in [5.41, 5.74) is -1.71. The van der Waals surface area contributed by atoms with Gasteiger partial charge in [0.2, 0.25) is 0 Å². The fourth-order valence-corrected chi connectivity index (χ4v) is 2.09. The second-order valence-electron chi connectivity index (χ2n) is 4.82. The average molecular weight is 279 g/mol. The minimum Gasteiger partial charge on any atom is -0.484 e. The Bertz CT molecular complexity index is 480. The van der Waals surface area contributed by atoms with Crippen LogP contribution in [0.25, 0.3) is 0 Å². The van der Waals surface area contributed by atoms with Crippen LogP contribution in [0.5, 0.6) is 5.75 Å². The zero-order valence-corrected chi connectivity index (χ0v) is 11.0. The third-order valence-electron chi connectivity index (χ3n) is 3.45. The molecule has 0 aliphatic carbocycles. The van der Waals surface area contributed by atoms with Crippen LogP contribution >= 0.6 is 0 Å². The molecule has 1 aliphatic rings. The van der Waals surface area contributed by atoms with Gasteiger partial charge in [-0.05, 0) is 12.1 Å². The largest absolute Gasteiger partial charge is 0.484 e. The standard InChI is InChI=1S/C14H17NO5/c16-12(10-20-11-4-2-1-3-5-11)15-8-6-14(19,7-9-15)13(17)18/h1-5,19H,6-10H2,(H,17,18). The summed E-state index contributed by atoms with van der Waals surface area (Å²) in [7, 11) is 0. The number of piperidine rings is 1. The molecule has 2 N–H and O–H groups in total. The topological polar surface area (TPSA) is 87.1 Å². The summed E-state index contributed by atoms with van der Waals surface area (Å²) in [6.45, 7) is 0.356.